The van der Waals surface area contributed by atoms with E-state index in [1.165, 1.54) is 16.7 Å². The molecule has 11 heteroatoms. The van der Waals surface area contributed by atoms with E-state index >= 15 is 0 Å². The average Bonchev–Trinajstić information content (AvgIpc) is 3.14. The number of nitrogens with one attached hydrogen (secondary N) is 1. The lowest BCUT2D eigenvalue weighted by Crippen LogP contribution is -2.34. The third-order valence-electron chi connectivity index (χ3n) is 10.6. The van der Waals surface area contributed by atoms with Gasteiger partial charge in [0.1, 0.15) is 5.75 Å². The molecule has 0 unspecified atom stereocenters. The summed E-state index contributed by atoms with van der Waals surface area (Å²) < 4.78 is 37.5. The molecule has 10 nitrogen and oxygen atoms in total. The number of rotatable bonds is 7. The van der Waals surface area contributed by atoms with E-state index in [-0.39, 0.29) is 18.0 Å². The summed E-state index contributed by atoms with van der Waals surface area (Å²) in [6, 6.07) is 18.4. The van der Waals surface area contributed by atoms with Crippen molar-refractivity contribution in [3.05, 3.63) is 88.0 Å². The lowest BCUT2D eigenvalue weighted by molar-refractivity contribution is -0.115. The number of likely N-dealkylation sites (N-methyl/N-ethyl adjacent to an activating group) is 2. The fraction of sp³-hybridized carbons (Fsp3) is 0.390. The van der Waals surface area contributed by atoms with Crippen LogP contribution in [0.3, 0.4) is 0 Å². The molecule has 2 atom stereocenters. The van der Waals surface area contributed by atoms with Gasteiger partial charge in [-0.15, -0.1) is 0 Å². The van der Waals surface area contributed by atoms with Gasteiger partial charge in [-0.05, 0) is 104 Å². The monoisotopic (exact) mass is 771 g/mol. The van der Waals surface area contributed by atoms with Gasteiger partial charge < -0.3 is 33.7 Å². The molecule has 0 saturated heterocycles. The highest BCUT2D eigenvalue weighted by molar-refractivity contribution is 9.09. The van der Waals surface area contributed by atoms with Gasteiger partial charge in [-0.25, -0.2) is 0 Å². The highest BCUT2D eigenvalue weighted by atomic mass is 79.9. The number of halogens is 1. The molecule has 4 aliphatic rings. The van der Waals surface area contributed by atoms with Crippen LogP contribution in [-0.2, 0) is 30.5 Å². The van der Waals surface area contributed by atoms with Gasteiger partial charge in [-0.1, -0.05) is 28.1 Å². The minimum atomic E-state index is -0.174. The Bertz CT molecular complexity index is 1970. The van der Waals surface area contributed by atoms with Gasteiger partial charge in [0.15, 0.2) is 34.5 Å². The zero-order valence-corrected chi connectivity index (χ0v) is 32.2. The fourth-order valence-electron chi connectivity index (χ4n) is 7.76. The Morgan fingerprint density at radius 1 is 0.769 bits per heavy atom. The Kier molecular flexibility index (Phi) is 10.5. The van der Waals surface area contributed by atoms with Gasteiger partial charge >= 0.3 is 0 Å². The summed E-state index contributed by atoms with van der Waals surface area (Å²) in [6.45, 7) is 1.74. The number of alkyl halides is 1. The maximum absolute atomic E-state index is 13.0. The number of anilines is 1. The molecule has 4 aliphatic heterocycles. The van der Waals surface area contributed by atoms with Gasteiger partial charge in [0.05, 0.1) is 28.4 Å². The minimum absolute atomic E-state index is 0.102. The molecule has 274 valence electrons. The third kappa shape index (κ3) is 6.89. The van der Waals surface area contributed by atoms with Crippen LogP contribution >= 0.6 is 15.9 Å². The van der Waals surface area contributed by atoms with Crippen LogP contribution in [0.4, 0.5) is 5.69 Å². The Labute approximate surface area is 314 Å². The van der Waals surface area contributed by atoms with Crippen LogP contribution < -0.4 is 33.7 Å². The first-order valence-corrected chi connectivity index (χ1v) is 18.8. The molecule has 0 aromatic heterocycles. The summed E-state index contributed by atoms with van der Waals surface area (Å²) in [5.74, 6) is 4.64. The average molecular weight is 773 g/mol. The summed E-state index contributed by atoms with van der Waals surface area (Å²) in [7, 11) is 10.9. The Morgan fingerprint density at radius 2 is 1.42 bits per heavy atom. The van der Waals surface area contributed by atoms with Crippen LogP contribution in [0.5, 0.6) is 46.0 Å². The molecule has 1 N–H and O–H groups in total. The Hall–Kier alpha value is -4.45. The number of fused-ring (bicyclic) bond motifs is 2. The van der Waals surface area contributed by atoms with E-state index in [1.807, 2.05) is 24.3 Å². The second kappa shape index (κ2) is 15.3. The van der Waals surface area contributed by atoms with Crippen molar-refractivity contribution >= 4 is 27.5 Å². The van der Waals surface area contributed by atoms with Crippen molar-refractivity contribution in [2.24, 2.45) is 0 Å². The van der Waals surface area contributed by atoms with E-state index in [0.717, 1.165) is 49.0 Å². The molecule has 4 aromatic carbocycles. The van der Waals surface area contributed by atoms with Crippen LogP contribution in [0.1, 0.15) is 51.9 Å². The van der Waals surface area contributed by atoms with Gasteiger partial charge in [0.25, 0.3) is 0 Å². The van der Waals surface area contributed by atoms with E-state index in [1.54, 1.807) is 28.4 Å². The number of hydrogen-bond acceptors (Lipinski definition) is 9. The molecule has 0 aliphatic carbocycles. The van der Waals surface area contributed by atoms with Crippen molar-refractivity contribution in [1.82, 2.24) is 9.80 Å². The van der Waals surface area contributed by atoms with E-state index in [9.17, 15) is 4.79 Å². The molecule has 4 heterocycles. The number of carbonyl (C=O) groups excluding carboxylic acids is 1. The molecule has 52 heavy (non-hydrogen) atoms. The summed E-state index contributed by atoms with van der Waals surface area (Å²) in [6.07, 6.45) is 3.34. The molecule has 0 radical (unpaired) electrons. The van der Waals surface area contributed by atoms with Crippen LogP contribution in [0.15, 0.2) is 54.6 Å². The number of ether oxygens (including phenoxy) is 6. The second-order valence-corrected chi connectivity index (χ2v) is 14.4. The first-order chi connectivity index (χ1) is 25.2. The van der Waals surface area contributed by atoms with Gasteiger partial charge in [0, 0.05) is 54.2 Å². The standard InChI is InChI=1S/C41H46BrN3O7/c1-44-15-12-25-19-33(47-3)36-22-29(25)31(44)17-24-7-9-28(10-8-24)51-35-21-27(30(23-34(35)48-4)43-38(46)11-14-42)18-32-39-26(13-16-45(32)2)20-37(49-5)40(50-6)41(39)52-36/h7-10,19-23,31-32H,11-18H2,1-6H3,(H,43,46)/t31-,32-/m0/s1. The van der Waals surface area contributed by atoms with Crippen molar-refractivity contribution in [2.75, 3.05) is 66.3 Å². The number of nitrogens with zero attached hydrogens (tertiary/aromatic N) is 2. The van der Waals surface area contributed by atoms with Crippen LogP contribution in [0, 0.1) is 0 Å². The molecule has 4 aromatic rings. The topological polar surface area (TPSA) is 91.0 Å². The summed E-state index contributed by atoms with van der Waals surface area (Å²) in [5, 5.41) is 3.69. The van der Waals surface area contributed by atoms with E-state index in [4.69, 9.17) is 28.4 Å². The van der Waals surface area contributed by atoms with E-state index < -0.39 is 0 Å². The minimum Gasteiger partial charge on any atom is -0.493 e. The van der Waals surface area contributed by atoms with Crippen molar-refractivity contribution in [2.45, 2.75) is 44.2 Å². The van der Waals surface area contributed by atoms with Gasteiger partial charge in [-0.2, -0.15) is 0 Å². The van der Waals surface area contributed by atoms with Crippen molar-refractivity contribution < 1.29 is 33.2 Å². The van der Waals surface area contributed by atoms with Crippen molar-refractivity contribution in [3.8, 4) is 46.0 Å². The molecule has 0 spiro atoms. The maximum atomic E-state index is 13.0. The smallest absolute Gasteiger partial charge is 0.225 e. The van der Waals surface area contributed by atoms with Crippen molar-refractivity contribution in [3.63, 3.8) is 0 Å². The number of hydrogen-bond donors (Lipinski definition) is 1. The van der Waals surface area contributed by atoms with E-state index in [2.05, 4.69) is 75.5 Å². The molecule has 0 fully saturated rings. The Balaban J connectivity index is 1.48. The second-order valence-electron chi connectivity index (χ2n) is 13.6. The highest BCUT2D eigenvalue weighted by Crippen LogP contribution is 2.52. The maximum Gasteiger partial charge on any atom is 0.225 e. The first-order valence-electron chi connectivity index (χ1n) is 17.7. The van der Waals surface area contributed by atoms with Gasteiger partial charge in [-0.3, -0.25) is 14.6 Å². The summed E-state index contributed by atoms with van der Waals surface area (Å²) >= 11 is 3.41. The van der Waals surface area contributed by atoms with Crippen molar-refractivity contribution in [1.29, 1.82) is 0 Å². The zero-order valence-electron chi connectivity index (χ0n) is 30.6. The fourth-order valence-corrected chi connectivity index (χ4v) is 8.12. The molecule has 0 saturated carbocycles. The van der Waals surface area contributed by atoms with Crippen LogP contribution in [-0.4, -0.2) is 76.7 Å². The van der Waals surface area contributed by atoms with E-state index in [0.29, 0.717) is 69.9 Å². The third-order valence-corrected chi connectivity index (χ3v) is 11.0. The summed E-state index contributed by atoms with van der Waals surface area (Å²) in [4.78, 5) is 17.8. The first kappa shape index (κ1) is 35.9. The molecule has 6 bridgehead atoms. The Morgan fingerprint density at radius 3 is 2.12 bits per heavy atom. The predicted octanol–water partition coefficient (Wildman–Crippen LogP) is 7.89. The largest absolute Gasteiger partial charge is 0.493 e. The van der Waals surface area contributed by atoms with Gasteiger partial charge in [0.2, 0.25) is 11.7 Å². The number of amides is 1. The zero-order chi connectivity index (χ0) is 36.5. The number of carbonyl (C=O) groups is 1. The lowest BCUT2D eigenvalue weighted by atomic mass is 9.86. The molecular weight excluding hydrogens is 726 g/mol. The molecule has 8 rings (SSSR count). The lowest BCUT2D eigenvalue weighted by Gasteiger charge is -2.37. The normalized spacial score (nSPS) is 18.2. The molecule has 1 amide bonds. The van der Waals surface area contributed by atoms with Crippen LogP contribution in [0.25, 0.3) is 0 Å². The number of methoxy groups -OCH3 is 4. The highest BCUT2D eigenvalue weighted by Gasteiger charge is 2.35. The predicted molar refractivity (Wildman–Crippen MR) is 205 cm³/mol. The molecular formula is C41H46BrN3O7. The SMILES string of the molecule is COc1cc(NC(=O)CCBr)c2cc1Oc1ccc(cc1)C[C@H]1c3cc(c(OC)cc3CCN1C)Oc1c(OC)c(OC)cc3c1[C@H](C2)N(C)CC3. The quantitative estimate of drug-likeness (QED) is 0.189. The number of benzene rings is 4. The summed E-state index contributed by atoms with van der Waals surface area (Å²) in [5.41, 5.74) is 7.29. The van der Waals surface area contributed by atoms with Crippen LogP contribution in [0.2, 0.25) is 0 Å².